The van der Waals surface area contributed by atoms with Crippen molar-refractivity contribution in [2.75, 3.05) is 18.9 Å². The molecule has 3 aromatic heterocycles. The Hall–Kier alpha value is -5.08. The van der Waals surface area contributed by atoms with Crippen LogP contribution in [0, 0.1) is 11.6 Å². The summed E-state index contributed by atoms with van der Waals surface area (Å²) in [5.41, 5.74) is 0.580. The van der Waals surface area contributed by atoms with E-state index in [1.165, 1.54) is 37.6 Å². The van der Waals surface area contributed by atoms with Crippen molar-refractivity contribution in [3.05, 3.63) is 95.1 Å². The van der Waals surface area contributed by atoms with Crippen molar-refractivity contribution >= 4 is 38.3 Å². The molecule has 0 aliphatic carbocycles. The lowest BCUT2D eigenvalue weighted by Crippen LogP contribution is -2.14. The number of anilines is 1. The SMILES string of the molecule is COc1ccc(Cn2nc(OC)c3cc(-c4nc(-c5c(F)ccc(NS(=O)(=O)c6cccc(Cl)c6)c5F)no4)cnc32)cc1. The molecule has 0 amide bonds. The zero-order valence-electron chi connectivity index (χ0n) is 23.0. The monoisotopic (exact) mass is 638 g/mol. The molecule has 3 aromatic carbocycles. The normalized spacial score (nSPS) is 11.6. The van der Waals surface area contributed by atoms with E-state index in [9.17, 15) is 12.8 Å². The summed E-state index contributed by atoms with van der Waals surface area (Å²) in [4.78, 5) is 8.45. The highest BCUT2D eigenvalue weighted by molar-refractivity contribution is 7.92. The van der Waals surface area contributed by atoms with Crippen LogP contribution in [0.1, 0.15) is 5.56 Å². The van der Waals surface area contributed by atoms with Crippen LogP contribution in [0.2, 0.25) is 5.02 Å². The number of hydrogen-bond donors (Lipinski definition) is 1. The van der Waals surface area contributed by atoms with Crippen molar-refractivity contribution in [2.24, 2.45) is 0 Å². The molecule has 0 bridgehead atoms. The van der Waals surface area contributed by atoms with Gasteiger partial charge in [0.2, 0.25) is 11.7 Å². The predicted molar refractivity (Wildman–Crippen MR) is 157 cm³/mol. The largest absolute Gasteiger partial charge is 0.497 e. The third-order valence-electron chi connectivity index (χ3n) is 6.58. The number of benzene rings is 3. The molecule has 0 aliphatic heterocycles. The fourth-order valence-corrected chi connectivity index (χ4v) is 5.79. The number of nitrogens with zero attached hydrogens (tertiary/aromatic N) is 5. The number of hydrogen-bond acceptors (Lipinski definition) is 9. The maximum Gasteiger partial charge on any atom is 0.262 e. The fourth-order valence-electron chi connectivity index (χ4n) is 4.43. The standard InChI is InChI=1S/C29H21ClF2N6O5S/c1-41-19-8-6-16(7-9-19)15-38-27-21(29(35-38)42-2)12-17(14-33-27)28-34-26(36-43-28)24-22(31)10-11-23(25(24)32)37-44(39,40)20-5-3-4-18(30)13-20/h3-14,37H,15H2,1-2H3. The Labute approximate surface area is 254 Å². The first kappa shape index (κ1) is 29.0. The van der Waals surface area contributed by atoms with Gasteiger partial charge < -0.3 is 14.0 Å². The van der Waals surface area contributed by atoms with Crippen LogP contribution in [0.15, 0.2) is 82.3 Å². The highest BCUT2D eigenvalue weighted by Crippen LogP contribution is 2.33. The van der Waals surface area contributed by atoms with Gasteiger partial charge in [0, 0.05) is 11.2 Å². The summed E-state index contributed by atoms with van der Waals surface area (Å²) in [5.74, 6) is -1.79. The number of sulfonamides is 1. The third-order valence-corrected chi connectivity index (χ3v) is 8.17. The number of methoxy groups -OCH3 is 2. The van der Waals surface area contributed by atoms with Crippen molar-refractivity contribution in [2.45, 2.75) is 11.4 Å². The number of pyridine rings is 1. The zero-order valence-corrected chi connectivity index (χ0v) is 24.5. The third kappa shape index (κ3) is 5.52. The lowest BCUT2D eigenvalue weighted by molar-refractivity contribution is 0.394. The predicted octanol–water partition coefficient (Wildman–Crippen LogP) is 5.95. The first-order valence-corrected chi connectivity index (χ1v) is 14.7. The van der Waals surface area contributed by atoms with Crippen LogP contribution in [0.3, 0.4) is 0 Å². The average Bonchev–Trinajstić information content (AvgIpc) is 3.64. The van der Waals surface area contributed by atoms with Gasteiger partial charge in [-0.1, -0.05) is 35.0 Å². The van der Waals surface area contributed by atoms with E-state index in [1.54, 1.807) is 17.9 Å². The van der Waals surface area contributed by atoms with Crippen LogP contribution in [0.5, 0.6) is 11.6 Å². The Morgan fingerprint density at radius 1 is 1.02 bits per heavy atom. The lowest BCUT2D eigenvalue weighted by Gasteiger charge is -2.11. The highest BCUT2D eigenvalue weighted by Gasteiger charge is 2.25. The van der Waals surface area contributed by atoms with Crippen molar-refractivity contribution in [1.82, 2.24) is 24.9 Å². The molecule has 44 heavy (non-hydrogen) atoms. The Morgan fingerprint density at radius 3 is 2.55 bits per heavy atom. The van der Waals surface area contributed by atoms with Crippen molar-refractivity contribution in [3.63, 3.8) is 0 Å². The Morgan fingerprint density at radius 2 is 1.82 bits per heavy atom. The van der Waals surface area contributed by atoms with Gasteiger partial charge in [-0.2, -0.15) is 4.98 Å². The molecule has 6 rings (SSSR count). The van der Waals surface area contributed by atoms with E-state index in [-0.39, 0.29) is 15.8 Å². The van der Waals surface area contributed by atoms with Gasteiger partial charge in [-0.05, 0) is 54.1 Å². The molecule has 11 nitrogen and oxygen atoms in total. The molecular weight excluding hydrogens is 618 g/mol. The maximum absolute atomic E-state index is 15.5. The van der Waals surface area contributed by atoms with Crippen molar-refractivity contribution < 1.29 is 31.2 Å². The molecule has 1 N–H and O–H groups in total. The van der Waals surface area contributed by atoms with Crippen LogP contribution in [0.25, 0.3) is 33.9 Å². The van der Waals surface area contributed by atoms with Crippen LogP contribution in [0.4, 0.5) is 14.5 Å². The molecule has 0 fully saturated rings. The second-order valence-electron chi connectivity index (χ2n) is 9.38. The minimum atomic E-state index is -4.25. The van der Waals surface area contributed by atoms with Crippen LogP contribution in [-0.2, 0) is 16.6 Å². The molecular formula is C29H21ClF2N6O5S. The number of ether oxygens (including phenoxy) is 2. The van der Waals surface area contributed by atoms with E-state index in [2.05, 4.69) is 24.9 Å². The van der Waals surface area contributed by atoms with Gasteiger partial charge in [-0.25, -0.2) is 26.9 Å². The number of fused-ring (bicyclic) bond motifs is 1. The number of nitrogens with one attached hydrogen (secondary N) is 1. The summed E-state index contributed by atoms with van der Waals surface area (Å²) < 4.78 is 75.8. The van der Waals surface area contributed by atoms with E-state index in [4.69, 9.17) is 25.6 Å². The molecule has 0 radical (unpaired) electrons. The van der Waals surface area contributed by atoms with Crippen LogP contribution >= 0.6 is 11.6 Å². The van der Waals surface area contributed by atoms with Crippen LogP contribution < -0.4 is 14.2 Å². The first-order valence-electron chi connectivity index (χ1n) is 12.8. The molecule has 0 unspecified atom stereocenters. The van der Waals surface area contributed by atoms with Gasteiger partial charge in [-0.3, -0.25) is 4.72 Å². The Kier molecular flexibility index (Phi) is 7.61. The second-order valence-corrected chi connectivity index (χ2v) is 11.5. The summed E-state index contributed by atoms with van der Waals surface area (Å²) in [6, 6.07) is 16.4. The molecule has 0 spiro atoms. The summed E-state index contributed by atoms with van der Waals surface area (Å²) >= 11 is 5.89. The van der Waals surface area contributed by atoms with Gasteiger partial charge >= 0.3 is 0 Å². The quantitative estimate of drug-likeness (QED) is 0.204. The van der Waals surface area contributed by atoms with Gasteiger partial charge in [0.1, 0.15) is 11.6 Å². The fraction of sp³-hybridized carbons (Fsp3) is 0.103. The van der Waals surface area contributed by atoms with E-state index in [0.29, 0.717) is 29.0 Å². The van der Waals surface area contributed by atoms with E-state index in [0.717, 1.165) is 23.4 Å². The van der Waals surface area contributed by atoms with E-state index in [1.807, 2.05) is 24.3 Å². The van der Waals surface area contributed by atoms with Gasteiger partial charge in [0.25, 0.3) is 15.9 Å². The topological polar surface area (TPSA) is 134 Å². The zero-order chi connectivity index (χ0) is 31.0. The average molecular weight is 639 g/mol. The first-order chi connectivity index (χ1) is 21.2. The molecule has 3 heterocycles. The summed E-state index contributed by atoms with van der Waals surface area (Å²) in [6.07, 6.45) is 1.45. The number of halogens is 3. The van der Waals surface area contributed by atoms with Gasteiger partial charge in [0.05, 0.1) is 47.9 Å². The molecule has 224 valence electrons. The van der Waals surface area contributed by atoms with E-state index >= 15 is 4.39 Å². The van der Waals surface area contributed by atoms with E-state index < -0.39 is 38.7 Å². The Balaban J connectivity index is 1.31. The second kappa shape index (κ2) is 11.5. The van der Waals surface area contributed by atoms with Crippen LogP contribution in [-0.4, -0.2) is 47.5 Å². The summed E-state index contributed by atoms with van der Waals surface area (Å²) in [7, 11) is -1.19. The highest BCUT2D eigenvalue weighted by atomic mass is 35.5. The number of aromatic nitrogens is 5. The minimum absolute atomic E-state index is 0.0944. The molecule has 6 aromatic rings. The molecule has 0 aliphatic rings. The maximum atomic E-state index is 15.5. The smallest absolute Gasteiger partial charge is 0.262 e. The number of rotatable bonds is 9. The summed E-state index contributed by atoms with van der Waals surface area (Å²) in [5, 5.41) is 8.94. The van der Waals surface area contributed by atoms with Gasteiger partial charge in [0.15, 0.2) is 11.5 Å². The summed E-state index contributed by atoms with van der Waals surface area (Å²) in [6.45, 7) is 0.400. The molecule has 15 heteroatoms. The molecule has 0 saturated heterocycles. The molecule has 0 atom stereocenters. The van der Waals surface area contributed by atoms with Crippen molar-refractivity contribution in [1.29, 1.82) is 0 Å². The van der Waals surface area contributed by atoms with Crippen molar-refractivity contribution in [3.8, 4) is 34.5 Å². The Bertz CT molecular complexity index is 2120. The molecule has 0 saturated carbocycles. The lowest BCUT2D eigenvalue weighted by atomic mass is 10.1. The van der Waals surface area contributed by atoms with Gasteiger partial charge in [-0.15, -0.1) is 5.10 Å². The minimum Gasteiger partial charge on any atom is -0.497 e.